The van der Waals surface area contributed by atoms with E-state index in [1.165, 1.54) is 0 Å². The molecule has 0 saturated carbocycles. The minimum Gasteiger partial charge on any atom is -0.699 e. The molecule has 0 atom stereocenters. The van der Waals surface area contributed by atoms with Crippen LogP contribution >= 0.6 is 11.7 Å². The van der Waals surface area contributed by atoms with E-state index in [-0.39, 0.29) is 5.69 Å². The average molecular weight is 233 g/mol. The third kappa shape index (κ3) is 1.68. The summed E-state index contributed by atoms with van der Waals surface area (Å²) in [5, 5.41) is 20.0. The van der Waals surface area contributed by atoms with Crippen molar-refractivity contribution in [3.63, 3.8) is 0 Å². The number of hydrogen-bond acceptors (Lipinski definition) is 5. The first-order valence-electron chi connectivity index (χ1n) is 4.40. The molecule has 0 saturated heterocycles. The van der Waals surface area contributed by atoms with Crippen molar-refractivity contribution < 1.29 is 8.86 Å². The highest BCUT2D eigenvalue weighted by atomic mass is 32.1. The predicted molar refractivity (Wildman–Crippen MR) is 57.8 cm³/mol. The molecule has 0 spiro atoms. The van der Waals surface area contributed by atoms with Crippen molar-refractivity contribution in [3.05, 3.63) is 35.2 Å². The molecular weight excluding hydrogens is 226 g/mol. The smallest absolute Gasteiger partial charge is 0.282 e. The molecule has 0 aliphatic carbocycles. The first-order valence-corrected chi connectivity index (χ1v) is 5.13. The summed E-state index contributed by atoms with van der Waals surface area (Å²) in [6.07, 6.45) is 0. The van der Waals surface area contributed by atoms with Crippen molar-refractivity contribution in [1.82, 2.24) is 4.37 Å². The zero-order valence-electron chi connectivity index (χ0n) is 8.38. The van der Waals surface area contributed by atoms with E-state index in [9.17, 15) is 5.21 Å². The van der Waals surface area contributed by atoms with Gasteiger partial charge >= 0.3 is 0 Å². The lowest BCUT2D eigenvalue weighted by Crippen LogP contribution is -2.23. The van der Waals surface area contributed by atoms with Crippen LogP contribution in [0, 0.1) is 16.5 Å². The lowest BCUT2D eigenvalue weighted by molar-refractivity contribution is -0.532. The fraction of sp³-hybridized carbons (Fsp3) is 0.100. The quantitative estimate of drug-likeness (QED) is 0.579. The second-order valence-electron chi connectivity index (χ2n) is 2.97. The Balaban J connectivity index is 2.47. The van der Waals surface area contributed by atoms with Crippen LogP contribution in [-0.2, 0) is 0 Å². The number of hydrogen-bond donors (Lipinski definition) is 0. The summed E-state index contributed by atoms with van der Waals surface area (Å²) >= 11 is 0.718. The van der Waals surface area contributed by atoms with Crippen LogP contribution in [0.3, 0.4) is 0 Å². The van der Waals surface area contributed by atoms with Crippen LogP contribution in [0.25, 0.3) is 11.3 Å². The first kappa shape index (κ1) is 10.4. The number of rotatable bonds is 2. The van der Waals surface area contributed by atoms with Gasteiger partial charge in [-0.2, -0.15) is 9.38 Å². The molecule has 5 nitrogen and oxygen atoms in total. The Bertz CT molecular complexity index is 542. The fourth-order valence-electron chi connectivity index (χ4n) is 1.28. The van der Waals surface area contributed by atoms with Gasteiger partial charge in [-0.05, 0) is 24.3 Å². The minimum absolute atomic E-state index is 0.0233. The standard InChI is InChI=1S/C10H7N3O2S/c1-15-8-4-2-7(3-5-8)10-9(6-11)13(14)16-12-10/h2-5H,1H3. The molecule has 0 bridgehead atoms. The summed E-state index contributed by atoms with van der Waals surface area (Å²) in [4.78, 5) is 0. The van der Waals surface area contributed by atoms with E-state index < -0.39 is 0 Å². The molecular formula is C10H7N3O2S. The SMILES string of the molecule is COc1ccc(-c2ns[n+]([O-])c2C#N)cc1. The molecule has 0 aliphatic heterocycles. The molecule has 80 valence electrons. The van der Waals surface area contributed by atoms with Gasteiger partial charge in [0.2, 0.25) is 0 Å². The summed E-state index contributed by atoms with van der Waals surface area (Å²) in [5.74, 6) is 0.715. The van der Waals surface area contributed by atoms with Gasteiger partial charge < -0.3 is 9.94 Å². The van der Waals surface area contributed by atoms with E-state index in [1.54, 1.807) is 31.4 Å². The predicted octanol–water partition coefficient (Wildman–Crippen LogP) is 1.32. The van der Waals surface area contributed by atoms with Gasteiger partial charge in [0.25, 0.3) is 23.1 Å². The molecule has 16 heavy (non-hydrogen) atoms. The first-order chi connectivity index (χ1) is 7.76. The summed E-state index contributed by atoms with van der Waals surface area (Å²) in [7, 11) is 1.57. The van der Waals surface area contributed by atoms with Crippen molar-refractivity contribution in [3.8, 4) is 23.1 Å². The maximum absolute atomic E-state index is 11.2. The van der Waals surface area contributed by atoms with Crippen molar-refractivity contribution in [2.75, 3.05) is 7.11 Å². The van der Waals surface area contributed by atoms with Gasteiger partial charge in [-0.15, -0.1) is 0 Å². The average Bonchev–Trinajstić information content (AvgIpc) is 2.70. The van der Waals surface area contributed by atoms with E-state index in [4.69, 9.17) is 10.00 Å². The highest BCUT2D eigenvalue weighted by Gasteiger charge is 2.20. The normalized spacial score (nSPS) is 9.75. The molecule has 1 heterocycles. The van der Waals surface area contributed by atoms with Crippen LogP contribution in [0.1, 0.15) is 5.69 Å². The van der Waals surface area contributed by atoms with Gasteiger partial charge in [0, 0.05) is 9.94 Å². The molecule has 2 aromatic rings. The summed E-state index contributed by atoms with van der Waals surface area (Å²) in [5.41, 5.74) is 1.16. The third-order valence-corrected chi connectivity index (χ3v) is 2.68. The Morgan fingerprint density at radius 2 is 2.12 bits per heavy atom. The molecule has 0 unspecified atom stereocenters. The van der Waals surface area contributed by atoms with Crippen molar-refractivity contribution >= 4 is 11.7 Å². The topological polar surface area (TPSA) is 72.8 Å². The lowest BCUT2D eigenvalue weighted by atomic mass is 10.1. The van der Waals surface area contributed by atoms with Gasteiger partial charge in [0.15, 0.2) is 0 Å². The summed E-state index contributed by atoms with van der Waals surface area (Å²) < 4.78 is 9.46. The maximum atomic E-state index is 11.2. The minimum atomic E-state index is 0.0233. The Hall–Kier alpha value is -2.13. The van der Waals surface area contributed by atoms with Crippen molar-refractivity contribution in [2.45, 2.75) is 0 Å². The molecule has 6 heteroatoms. The van der Waals surface area contributed by atoms with Gasteiger partial charge in [-0.1, -0.05) is 0 Å². The number of aromatic nitrogens is 2. The van der Waals surface area contributed by atoms with Crippen LogP contribution < -0.4 is 8.86 Å². The number of nitriles is 1. The van der Waals surface area contributed by atoms with Gasteiger partial charge in [0.05, 0.1) is 7.11 Å². The van der Waals surface area contributed by atoms with Crippen LogP contribution in [0.15, 0.2) is 24.3 Å². The van der Waals surface area contributed by atoms with Crippen LogP contribution in [-0.4, -0.2) is 11.5 Å². The number of ether oxygens (including phenoxy) is 1. The second-order valence-corrected chi connectivity index (χ2v) is 3.65. The summed E-state index contributed by atoms with van der Waals surface area (Å²) in [6.45, 7) is 0. The lowest BCUT2D eigenvalue weighted by Gasteiger charge is -1.99. The largest absolute Gasteiger partial charge is 0.699 e. The second kappa shape index (κ2) is 4.16. The molecule has 1 aromatic heterocycles. The molecule has 0 fully saturated rings. The van der Waals surface area contributed by atoms with Crippen LogP contribution in [0.4, 0.5) is 0 Å². The molecule has 0 radical (unpaired) electrons. The molecule has 0 amide bonds. The number of methoxy groups -OCH3 is 1. The zero-order chi connectivity index (χ0) is 11.5. The molecule has 0 aliphatic rings. The summed E-state index contributed by atoms with van der Waals surface area (Å²) in [6, 6.07) is 8.87. The number of benzene rings is 1. The Morgan fingerprint density at radius 3 is 2.69 bits per heavy atom. The Morgan fingerprint density at radius 1 is 1.44 bits per heavy atom. The monoisotopic (exact) mass is 233 g/mol. The third-order valence-electron chi connectivity index (χ3n) is 2.08. The van der Waals surface area contributed by atoms with Gasteiger partial charge in [-0.3, -0.25) is 0 Å². The number of nitrogens with zero attached hydrogens (tertiary/aromatic N) is 3. The maximum Gasteiger partial charge on any atom is 0.282 e. The van der Waals surface area contributed by atoms with E-state index in [0.717, 1.165) is 17.3 Å². The Labute approximate surface area is 96.0 Å². The van der Waals surface area contributed by atoms with E-state index in [2.05, 4.69) is 4.37 Å². The van der Waals surface area contributed by atoms with Crippen LogP contribution in [0.2, 0.25) is 0 Å². The molecule has 2 rings (SSSR count). The highest BCUT2D eigenvalue weighted by molar-refractivity contribution is 6.95. The highest BCUT2D eigenvalue weighted by Crippen LogP contribution is 2.22. The Kier molecular flexibility index (Phi) is 2.70. The zero-order valence-corrected chi connectivity index (χ0v) is 9.19. The van der Waals surface area contributed by atoms with E-state index in [0.29, 0.717) is 15.6 Å². The van der Waals surface area contributed by atoms with E-state index >= 15 is 0 Å². The molecule has 1 aromatic carbocycles. The van der Waals surface area contributed by atoms with Crippen molar-refractivity contribution in [1.29, 1.82) is 5.26 Å². The molecule has 0 N–H and O–H groups in total. The van der Waals surface area contributed by atoms with E-state index in [1.807, 2.05) is 6.07 Å². The van der Waals surface area contributed by atoms with Gasteiger partial charge in [-0.25, -0.2) is 0 Å². The van der Waals surface area contributed by atoms with Gasteiger partial charge in [0.1, 0.15) is 11.8 Å². The fourth-order valence-corrected chi connectivity index (χ4v) is 1.84. The van der Waals surface area contributed by atoms with Crippen LogP contribution in [0.5, 0.6) is 5.75 Å². The van der Waals surface area contributed by atoms with Crippen molar-refractivity contribution in [2.24, 2.45) is 0 Å².